The Kier molecular flexibility index (Phi) is 10.7. The van der Waals surface area contributed by atoms with Crippen LogP contribution in [0.1, 0.15) is 64.5 Å². The first-order valence-electron chi connectivity index (χ1n) is 19.1. The predicted octanol–water partition coefficient (Wildman–Crippen LogP) is 8.02. The average molecular weight is 726 g/mol. The molecule has 0 saturated carbocycles. The van der Waals surface area contributed by atoms with E-state index in [-0.39, 0.29) is 34.6 Å². The summed E-state index contributed by atoms with van der Waals surface area (Å²) < 4.78 is 14.2. The summed E-state index contributed by atoms with van der Waals surface area (Å²) >= 11 is 0. The highest BCUT2D eigenvalue weighted by atomic mass is 28.4. The third-order valence-corrected chi connectivity index (χ3v) is 16.5. The number of rotatable bonds is 12. The van der Waals surface area contributed by atoms with Gasteiger partial charge in [0.15, 0.2) is 0 Å². The van der Waals surface area contributed by atoms with Crippen LogP contribution in [-0.4, -0.2) is 56.0 Å². The summed E-state index contributed by atoms with van der Waals surface area (Å²) in [5, 5.41) is 12.9. The summed E-state index contributed by atoms with van der Waals surface area (Å²) in [7, 11) is -2.89. The molecule has 53 heavy (non-hydrogen) atoms. The first-order valence-corrected chi connectivity index (χ1v) is 21.0. The largest absolute Gasteiger partial charge is 0.507 e. The van der Waals surface area contributed by atoms with Crippen molar-refractivity contribution < 1.29 is 23.9 Å². The number of aromatic hydroxyl groups is 1. The quantitative estimate of drug-likeness (QED) is 0.0694. The zero-order valence-corrected chi connectivity index (χ0v) is 32.3. The Morgan fingerprint density at radius 3 is 2.06 bits per heavy atom. The number of likely N-dealkylation sites (tertiary alicyclic amines) is 1. The average Bonchev–Trinajstić information content (AvgIpc) is 3.69. The molecule has 6 nitrogen and oxygen atoms in total. The molecule has 1 N–H and O–H groups in total. The molecule has 0 radical (unpaired) electrons. The lowest BCUT2D eigenvalue weighted by atomic mass is 9.69. The first-order chi connectivity index (χ1) is 25.6. The lowest BCUT2D eigenvalue weighted by molar-refractivity contribution is -0.140. The fraction of sp³-hybridized carbons (Fsp3) is 0.348. The van der Waals surface area contributed by atoms with Crippen molar-refractivity contribution in [3.8, 4) is 5.75 Å². The van der Waals surface area contributed by atoms with Crippen molar-refractivity contribution in [2.75, 3.05) is 19.8 Å². The van der Waals surface area contributed by atoms with E-state index >= 15 is 0 Å². The fourth-order valence-corrected chi connectivity index (χ4v) is 13.7. The maximum atomic E-state index is 14.0. The lowest BCUT2D eigenvalue weighted by Crippen LogP contribution is -2.66. The summed E-state index contributed by atoms with van der Waals surface area (Å²) in [5.41, 5.74) is 5.21. The molecule has 4 aromatic rings. The van der Waals surface area contributed by atoms with E-state index in [1.54, 1.807) is 6.07 Å². The molecular weight excluding hydrogens is 675 g/mol. The van der Waals surface area contributed by atoms with Crippen molar-refractivity contribution in [3.63, 3.8) is 0 Å². The molecule has 4 aromatic carbocycles. The molecule has 7 heteroatoms. The van der Waals surface area contributed by atoms with Gasteiger partial charge in [-0.05, 0) is 75.5 Å². The Balaban J connectivity index is 1.28. The molecule has 2 fully saturated rings. The van der Waals surface area contributed by atoms with Crippen molar-refractivity contribution in [2.24, 2.45) is 17.8 Å². The number of benzene rings is 4. The molecule has 0 unspecified atom stereocenters. The second kappa shape index (κ2) is 15.4. The van der Waals surface area contributed by atoms with Crippen molar-refractivity contribution in [1.82, 2.24) is 4.90 Å². The zero-order chi connectivity index (χ0) is 37.2. The molecular formula is C46H51NO5Si. The van der Waals surface area contributed by atoms with Gasteiger partial charge in [0.05, 0.1) is 31.2 Å². The van der Waals surface area contributed by atoms with Crippen LogP contribution in [0, 0.1) is 17.8 Å². The van der Waals surface area contributed by atoms with Crippen molar-refractivity contribution in [2.45, 2.75) is 64.5 Å². The number of imide groups is 1. The maximum absolute atomic E-state index is 14.0. The summed E-state index contributed by atoms with van der Waals surface area (Å²) in [6, 6.07) is 39.0. The minimum Gasteiger partial charge on any atom is -0.507 e. The molecule has 4 atom stereocenters. The Morgan fingerprint density at radius 1 is 0.849 bits per heavy atom. The van der Waals surface area contributed by atoms with Gasteiger partial charge >= 0.3 is 0 Å². The molecule has 2 heterocycles. The normalized spacial score (nSPS) is 22.0. The number of ether oxygens (including phenoxy) is 1. The Labute approximate surface area is 315 Å². The van der Waals surface area contributed by atoms with E-state index in [4.69, 9.17) is 9.16 Å². The Hall–Kier alpha value is -4.56. The van der Waals surface area contributed by atoms with Crippen LogP contribution in [0.5, 0.6) is 5.75 Å². The molecule has 0 spiro atoms. The van der Waals surface area contributed by atoms with Gasteiger partial charge in [-0.25, -0.2) is 0 Å². The summed E-state index contributed by atoms with van der Waals surface area (Å²) in [6.07, 6.45) is 4.47. The van der Waals surface area contributed by atoms with Crippen LogP contribution in [0.4, 0.5) is 0 Å². The van der Waals surface area contributed by atoms with Crippen LogP contribution in [0.3, 0.4) is 0 Å². The number of carbonyl (C=O) groups is 2. The molecule has 0 aromatic heterocycles. The molecule has 0 bridgehead atoms. The number of fused-ring (bicyclic) bond motifs is 3. The molecule has 2 amide bonds. The SMILES string of the molecule is CCCN1C(=O)[C@@H]2[C@@H](CC(CO[Si](c3ccccc3)(c3ccccc3)C(C)(C)C)=C3[C@@H](CC/C(=C/c4ccccc4O)c4ccccc4)OC[C@@H]32)C1=O. The van der Waals surface area contributed by atoms with Gasteiger partial charge in [-0.3, -0.25) is 14.5 Å². The van der Waals surface area contributed by atoms with Crippen LogP contribution in [0.25, 0.3) is 11.6 Å². The molecule has 7 rings (SSSR count). The number of phenols is 1. The molecule has 3 aliphatic rings. The van der Waals surface area contributed by atoms with Gasteiger partial charge in [0.2, 0.25) is 11.8 Å². The van der Waals surface area contributed by atoms with E-state index in [9.17, 15) is 14.7 Å². The van der Waals surface area contributed by atoms with Crippen LogP contribution < -0.4 is 10.4 Å². The molecule has 1 aliphatic carbocycles. The number of phenolic OH excluding ortho intramolecular Hbond substituents is 1. The number of allylic oxidation sites excluding steroid dienone is 1. The fourth-order valence-electron chi connectivity index (χ4n) is 9.11. The van der Waals surface area contributed by atoms with Crippen molar-refractivity contribution >= 4 is 42.2 Å². The number of carbonyl (C=O) groups excluding carboxylic acids is 2. The summed E-state index contributed by atoms with van der Waals surface area (Å²) in [5.74, 6) is -0.839. The van der Waals surface area contributed by atoms with E-state index in [1.807, 2.05) is 43.3 Å². The minimum absolute atomic E-state index is 0.0509. The zero-order valence-electron chi connectivity index (χ0n) is 31.3. The van der Waals surface area contributed by atoms with Crippen LogP contribution in [-0.2, 0) is 18.8 Å². The highest BCUT2D eigenvalue weighted by Crippen LogP contribution is 2.50. The maximum Gasteiger partial charge on any atom is 0.261 e. The number of hydrogen-bond acceptors (Lipinski definition) is 5. The molecule has 2 saturated heterocycles. The van der Waals surface area contributed by atoms with Gasteiger partial charge in [-0.15, -0.1) is 0 Å². The third kappa shape index (κ3) is 6.98. The van der Waals surface area contributed by atoms with Crippen LogP contribution in [0.2, 0.25) is 5.04 Å². The summed E-state index contributed by atoms with van der Waals surface area (Å²) in [6.45, 7) is 10.1. The van der Waals surface area contributed by atoms with Gasteiger partial charge in [0.1, 0.15) is 5.75 Å². The second-order valence-electron chi connectivity index (χ2n) is 15.7. The molecule has 274 valence electrons. The topological polar surface area (TPSA) is 76.1 Å². The highest BCUT2D eigenvalue weighted by molar-refractivity contribution is 6.99. The highest BCUT2D eigenvalue weighted by Gasteiger charge is 2.57. The first kappa shape index (κ1) is 36.8. The third-order valence-electron chi connectivity index (χ3n) is 11.5. The van der Waals surface area contributed by atoms with Crippen molar-refractivity contribution in [1.29, 1.82) is 0 Å². The molecule has 2 aliphatic heterocycles. The van der Waals surface area contributed by atoms with E-state index in [2.05, 4.69) is 99.6 Å². The van der Waals surface area contributed by atoms with Gasteiger partial charge < -0.3 is 14.3 Å². The van der Waals surface area contributed by atoms with Crippen LogP contribution >= 0.6 is 0 Å². The number of hydrogen-bond donors (Lipinski definition) is 1. The monoisotopic (exact) mass is 725 g/mol. The van der Waals surface area contributed by atoms with E-state index < -0.39 is 20.2 Å². The minimum atomic E-state index is -2.89. The van der Waals surface area contributed by atoms with Gasteiger partial charge in [0, 0.05) is 18.0 Å². The van der Waals surface area contributed by atoms with Gasteiger partial charge in [-0.2, -0.15) is 0 Å². The Bertz CT molecular complexity index is 1950. The Morgan fingerprint density at radius 2 is 1.45 bits per heavy atom. The lowest BCUT2D eigenvalue weighted by Gasteiger charge is -2.44. The van der Waals surface area contributed by atoms with E-state index in [0.29, 0.717) is 39.0 Å². The standard InChI is InChI=1S/C46H51NO5Si/c1-5-27-47-44(49)38-29-35(30-52-53(46(2,3)4,36-20-11-7-12-21-36)37-22-13-8-14-23-37)42-39(43(38)45(47)50)31-51-41(42)26-25-33(32-17-9-6-10-18-32)28-34-19-15-16-24-40(34)48/h6-24,28,38-39,41,43,48H,5,25-27,29-31H2,1-4H3/b33-28-/t38-,39+,41-,43-/m1/s1. The second-order valence-corrected chi connectivity index (χ2v) is 20.0. The summed E-state index contributed by atoms with van der Waals surface area (Å²) in [4.78, 5) is 29.4. The van der Waals surface area contributed by atoms with Gasteiger partial charge in [0.25, 0.3) is 8.32 Å². The van der Waals surface area contributed by atoms with Gasteiger partial charge in [-0.1, -0.05) is 137 Å². The number of para-hydroxylation sites is 1. The van der Waals surface area contributed by atoms with E-state index in [0.717, 1.165) is 34.3 Å². The van der Waals surface area contributed by atoms with Crippen LogP contribution in [0.15, 0.2) is 126 Å². The smallest absolute Gasteiger partial charge is 0.261 e. The number of nitrogens with zero attached hydrogens (tertiary/aromatic N) is 1. The van der Waals surface area contributed by atoms with E-state index in [1.165, 1.54) is 15.3 Å². The predicted molar refractivity (Wildman–Crippen MR) is 214 cm³/mol. The van der Waals surface area contributed by atoms with Crippen molar-refractivity contribution in [3.05, 3.63) is 138 Å². The number of amides is 2.